The molecule has 0 saturated heterocycles. The Labute approximate surface area is 201 Å². The summed E-state index contributed by atoms with van der Waals surface area (Å²) < 4.78 is 11.1. The van der Waals surface area contributed by atoms with Crippen LogP contribution in [0.25, 0.3) is 28.2 Å². The first kappa shape index (κ1) is 25.1. The molecular formula is C28H33N3O3. The van der Waals surface area contributed by atoms with Gasteiger partial charge in [-0.25, -0.2) is 0 Å². The van der Waals surface area contributed by atoms with E-state index >= 15 is 0 Å². The number of nitriles is 1. The molecule has 1 aromatic heterocycles. The van der Waals surface area contributed by atoms with Gasteiger partial charge < -0.3 is 19.4 Å². The van der Waals surface area contributed by atoms with Crippen molar-refractivity contribution < 1.29 is 13.9 Å². The summed E-state index contributed by atoms with van der Waals surface area (Å²) in [4.78, 5) is 14.6. The van der Waals surface area contributed by atoms with Crippen LogP contribution in [0.4, 0.5) is 5.69 Å². The van der Waals surface area contributed by atoms with Gasteiger partial charge in [-0.05, 0) is 60.9 Å². The van der Waals surface area contributed by atoms with Crippen LogP contribution in [-0.4, -0.2) is 38.8 Å². The zero-order valence-corrected chi connectivity index (χ0v) is 20.3. The highest BCUT2D eigenvalue weighted by molar-refractivity contribution is 6.01. The predicted octanol–water partition coefficient (Wildman–Crippen LogP) is 5.79. The summed E-state index contributed by atoms with van der Waals surface area (Å²) in [6, 6.07) is 18.4. The van der Waals surface area contributed by atoms with Crippen LogP contribution in [0.2, 0.25) is 0 Å². The molecule has 0 bridgehead atoms. The molecule has 178 valence electrons. The van der Waals surface area contributed by atoms with Crippen molar-refractivity contribution in [3.8, 4) is 17.4 Å². The van der Waals surface area contributed by atoms with Gasteiger partial charge in [0.2, 0.25) is 0 Å². The van der Waals surface area contributed by atoms with Gasteiger partial charge in [0.1, 0.15) is 23.2 Å². The molecule has 0 fully saturated rings. The molecule has 6 nitrogen and oxygen atoms in total. The number of anilines is 1. The maximum Gasteiger partial charge on any atom is 0.262 e. The van der Waals surface area contributed by atoms with Crippen molar-refractivity contribution in [1.82, 2.24) is 5.32 Å². The molecule has 0 spiro atoms. The van der Waals surface area contributed by atoms with Gasteiger partial charge in [-0.2, -0.15) is 5.26 Å². The first-order valence-corrected chi connectivity index (χ1v) is 12.0. The molecule has 1 N–H and O–H groups in total. The van der Waals surface area contributed by atoms with Gasteiger partial charge in [0.15, 0.2) is 0 Å². The molecule has 0 atom stereocenters. The molecule has 34 heavy (non-hydrogen) atoms. The quantitative estimate of drug-likeness (QED) is 0.211. The van der Waals surface area contributed by atoms with Crippen molar-refractivity contribution in [2.75, 3.05) is 37.7 Å². The van der Waals surface area contributed by atoms with E-state index in [1.807, 2.05) is 25.1 Å². The second kappa shape index (κ2) is 12.6. The molecule has 0 unspecified atom stereocenters. The lowest BCUT2D eigenvalue weighted by molar-refractivity contribution is -0.117. The zero-order valence-electron chi connectivity index (χ0n) is 20.3. The number of ether oxygens (including phenoxy) is 1. The Hall–Kier alpha value is -3.56. The zero-order chi connectivity index (χ0) is 24.3. The highest BCUT2D eigenvalue weighted by Crippen LogP contribution is 2.29. The van der Waals surface area contributed by atoms with Crippen LogP contribution >= 0.6 is 0 Å². The molecule has 0 aliphatic carbocycles. The van der Waals surface area contributed by atoms with E-state index in [-0.39, 0.29) is 5.57 Å². The lowest BCUT2D eigenvalue weighted by Gasteiger charge is -2.24. The highest BCUT2D eigenvalue weighted by Gasteiger charge is 2.12. The fraction of sp³-hybridized carbons (Fsp3) is 0.357. The van der Waals surface area contributed by atoms with E-state index in [1.165, 1.54) is 17.1 Å². The maximum absolute atomic E-state index is 12.2. The largest absolute Gasteiger partial charge is 0.457 e. The SMILES string of the molecule is CCCN(CCC)c1ccc2cc(-c3ccc(/C=C(\C#N)C(=O)NCCOCC)o3)ccc2c1. The Bertz CT molecular complexity index is 1170. The minimum absolute atomic E-state index is 0.00727. The third kappa shape index (κ3) is 6.49. The Morgan fingerprint density at radius 3 is 2.50 bits per heavy atom. The van der Waals surface area contributed by atoms with E-state index < -0.39 is 5.91 Å². The summed E-state index contributed by atoms with van der Waals surface area (Å²) in [5, 5.41) is 14.4. The van der Waals surface area contributed by atoms with Crippen molar-refractivity contribution in [3.63, 3.8) is 0 Å². The van der Waals surface area contributed by atoms with E-state index in [1.54, 1.807) is 6.07 Å². The number of amides is 1. The second-order valence-corrected chi connectivity index (χ2v) is 8.06. The van der Waals surface area contributed by atoms with Crippen LogP contribution in [0, 0.1) is 11.3 Å². The van der Waals surface area contributed by atoms with Crippen LogP contribution in [0.5, 0.6) is 0 Å². The minimum Gasteiger partial charge on any atom is -0.457 e. The summed E-state index contributed by atoms with van der Waals surface area (Å²) in [5.41, 5.74) is 2.18. The van der Waals surface area contributed by atoms with Crippen LogP contribution in [0.3, 0.4) is 0 Å². The lowest BCUT2D eigenvalue weighted by atomic mass is 10.0. The molecule has 1 heterocycles. The number of nitrogens with zero attached hydrogens (tertiary/aromatic N) is 2. The molecule has 0 aliphatic heterocycles. The second-order valence-electron chi connectivity index (χ2n) is 8.06. The lowest BCUT2D eigenvalue weighted by Crippen LogP contribution is -2.28. The fourth-order valence-electron chi connectivity index (χ4n) is 3.85. The number of carbonyl (C=O) groups is 1. The summed E-state index contributed by atoms with van der Waals surface area (Å²) in [7, 11) is 0. The number of hydrogen-bond acceptors (Lipinski definition) is 5. The summed E-state index contributed by atoms with van der Waals surface area (Å²) in [6.45, 7) is 9.74. The number of carbonyl (C=O) groups excluding carboxylic acids is 1. The fourth-order valence-corrected chi connectivity index (χ4v) is 3.85. The number of rotatable bonds is 12. The van der Waals surface area contributed by atoms with Crippen LogP contribution in [0.1, 0.15) is 39.4 Å². The topological polar surface area (TPSA) is 78.5 Å². The van der Waals surface area contributed by atoms with Crippen LogP contribution < -0.4 is 10.2 Å². The third-order valence-electron chi connectivity index (χ3n) is 5.48. The number of hydrogen-bond donors (Lipinski definition) is 1. The Kier molecular flexibility index (Phi) is 9.30. The summed E-state index contributed by atoms with van der Waals surface area (Å²) in [6.07, 6.45) is 3.70. The van der Waals surface area contributed by atoms with Crippen molar-refractivity contribution in [2.45, 2.75) is 33.6 Å². The third-order valence-corrected chi connectivity index (χ3v) is 5.48. The molecule has 2 aromatic carbocycles. The molecule has 3 aromatic rings. The van der Waals surface area contributed by atoms with Crippen molar-refractivity contribution in [3.05, 3.63) is 59.9 Å². The number of fused-ring (bicyclic) bond motifs is 1. The first-order chi connectivity index (χ1) is 16.6. The Balaban J connectivity index is 1.77. The molecule has 0 aliphatic rings. The summed E-state index contributed by atoms with van der Waals surface area (Å²) >= 11 is 0. The minimum atomic E-state index is -0.443. The van der Waals surface area contributed by atoms with Gasteiger partial charge in [0.05, 0.1) is 6.61 Å². The van der Waals surface area contributed by atoms with Gasteiger partial charge in [0, 0.05) is 43.6 Å². The highest BCUT2D eigenvalue weighted by atomic mass is 16.5. The standard InChI is InChI=1S/C28H33N3O3/c1-4-14-31(15-5-2)25-10-9-21-17-23(8-7-22(21)18-25)27-12-11-26(34-27)19-24(20-29)28(32)30-13-16-33-6-3/h7-12,17-19H,4-6,13-16H2,1-3H3,(H,30,32)/b24-19+. The van der Waals surface area contributed by atoms with E-state index in [4.69, 9.17) is 9.15 Å². The van der Waals surface area contributed by atoms with Gasteiger partial charge in [-0.1, -0.05) is 32.0 Å². The predicted molar refractivity (Wildman–Crippen MR) is 138 cm³/mol. The summed E-state index contributed by atoms with van der Waals surface area (Å²) in [5.74, 6) is 0.698. The number of furan rings is 1. The normalized spacial score (nSPS) is 11.4. The van der Waals surface area contributed by atoms with E-state index in [0.717, 1.165) is 36.9 Å². The van der Waals surface area contributed by atoms with Crippen molar-refractivity contribution >= 4 is 28.4 Å². The molecule has 0 saturated carbocycles. The van der Waals surface area contributed by atoms with Gasteiger partial charge in [-0.15, -0.1) is 0 Å². The van der Waals surface area contributed by atoms with Crippen LogP contribution in [0.15, 0.2) is 58.5 Å². The number of benzene rings is 2. The monoisotopic (exact) mass is 459 g/mol. The molecule has 3 rings (SSSR count). The Morgan fingerprint density at radius 2 is 1.79 bits per heavy atom. The van der Waals surface area contributed by atoms with Gasteiger partial charge in [0.25, 0.3) is 5.91 Å². The van der Waals surface area contributed by atoms with E-state index in [9.17, 15) is 10.1 Å². The molecule has 0 radical (unpaired) electrons. The Morgan fingerprint density at radius 1 is 1.06 bits per heavy atom. The molecule has 1 amide bonds. The van der Waals surface area contributed by atoms with E-state index in [2.05, 4.69) is 54.4 Å². The first-order valence-electron chi connectivity index (χ1n) is 12.0. The smallest absolute Gasteiger partial charge is 0.262 e. The van der Waals surface area contributed by atoms with Gasteiger partial charge in [-0.3, -0.25) is 4.79 Å². The van der Waals surface area contributed by atoms with Gasteiger partial charge >= 0.3 is 0 Å². The van der Waals surface area contributed by atoms with E-state index in [0.29, 0.717) is 31.3 Å². The average molecular weight is 460 g/mol. The maximum atomic E-state index is 12.2. The van der Waals surface area contributed by atoms with Crippen molar-refractivity contribution in [2.24, 2.45) is 0 Å². The van der Waals surface area contributed by atoms with Crippen molar-refractivity contribution in [1.29, 1.82) is 5.26 Å². The number of nitrogens with one attached hydrogen (secondary N) is 1. The average Bonchev–Trinajstić information content (AvgIpc) is 3.33. The molecule has 6 heteroatoms. The van der Waals surface area contributed by atoms with Crippen LogP contribution in [-0.2, 0) is 9.53 Å². The molecular weight excluding hydrogens is 426 g/mol.